The van der Waals surface area contributed by atoms with E-state index >= 15 is 0 Å². The molecule has 5 nitrogen and oxygen atoms in total. The normalized spacial score (nSPS) is 10.4. The van der Waals surface area contributed by atoms with Gasteiger partial charge in [-0.05, 0) is 35.7 Å². The lowest BCUT2D eigenvalue weighted by Gasteiger charge is -2.16. The lowest BCUT2D eigenvalue weighted by Crippen LogP contribution is -2.30. The van der Waals surface area contributed by atoms with Gasteiger partial charge in [-0.1, -0.05) is 48.5 Å². The van der Waals surface area contributed by atoms with Gasteiger partial charge in [0, 0.05) is 7.05 Å². The molecule has 27 heavy (non-hydrogen) atoms. The molecule has 0 radical (unpaired) electrons. The first-order valence-electron chi connectivity index (χ1n) is 8.69. The average molecular weight is 363 g/mol. The zero-order chi connectivity index (χ0) is 19.1. The summed E-state index contributed by atoms with van der Waals surface area (Å²) in [5.74, 6) is -0.119. The van der Waals surface area contributed by atoms with Gasteiger partial charge in [-0.3, -0.25) is 4.79 Å². The molecule has 0 fully saturated rings. The summed E-state index contributed by atoms with van der Waals surface area (Å²) in [6.45, 7) is 0.0176. The maximum absolute atomic E-state index is 12.5. The second-order valence-electron chi connectivity index (χ2n) is 6.22. The van der Waals surface area contributed by atoms with Gasteiger partial charge >= 0.3 is 5.97 Å². The van der Waals surface area contributed by atoms with Crippen molar-refractivity contribution in [3.05, 3.63) is 95.4 Å². The summed E-state index contributed by atoms with van der Waals surface area (Å²) in [6.07, 6.45) is 2.18. The number of furan rings is 1. The van der Waals surface area contributed by atoms with Gasteiger partial charge in [0.05, 0.1) is 18.4 Å². The molecule has 1 heterocycles. The third-order valence-corrected chi connectivity index (χ3v) is 4.20. The van der Waals surface area contributed by atoms with Gasteiger partial charge in [0.2, 0.25) is 0 Å². The molecular weight excluding hydrogens is 342 g/mol. The van der Waals surface area contributed by atoms with Crippen molar-refractivity contribution in [2.75, 3.05) is 13.7 Å². The molecule has 0 saturated carbocycles. The fourth-order valence-electron chi connectivity index (χ4n) is 2.73. The number of amides is 1. The molecule has 5 heteroatoms. The van der Waals surface area contributed by atoms with Crippen molar-refractivity contribution in [1.82, 2.24) is 4.90 Å². The van der Waals surface area contributed by atoms with E-state index in [0.717, 1.165) is 11.1 Å². The summed E-state index contributed by atoms with van der Waals surface area (Å²) in [5, 5.41) is 0. The lowest BCUT2D eigenvalue weighted by molar-refractivity contribution is -0.133. The standard InChI is InChI=1S/C22H21NO4/c1-23(15-19-11-7-13-26-19)21(24)16-27-22(25)20-12-6-5-10-18(20)14-17-8-3-2-4-9-17/h2-13H,14-16H2,1H3. The summed E-state index contributed by atoms with van der Waals surface area (Å²) in [4.78, 5) is 26.1. The van der Waals surface area contributed by atoms with Crippen LogP contribution in [-0.4, -0.2) is 30.4 Å². The number of likely N-dealkylation sites (N-methyl/N-ethyl adjacent to an activating group) is 1. The Morgan fingerprint density at radius 3 is 2.44 bits per heavy atom. The Kier molecular flexibility index (Phi) is 6.05. The third-order valence-electron chi connectivity index (χ3n) is 4.20. The van der Waals surface area contributed by atoms with Crippen molar-refractivity contribution < 1.29 is 18.7 Å². The zero-order valence-corrected chi connectivity index (χ0v) is 15.1. The van der Waals surface area contributed by atoms with Crippen LogP contribution in [0.5, 0.6) is 0 Å². The average Bonchev–Trinajstić information content (AvgIpc) is 3.20. The molecule has 0 aliphatic heterocycles. The molecule has 3 aromatic rings. The van der Waals surface area contributed by atoms with E-state index in [-0.39, 0.29) is 12.5 Å². The third kappa shape index (κ3) is 5.07. The van der Waals surface area contributed by atoms with Crippen LogP contribution >= 0.6 is 0 Å². The molecule has 0 spiro atoms. The molecule has 3 rings (SSSR count). The molecule has 0 bridgehead atoms. The second kappa shape index (κ2) is 8.85. The minimum atomic E-state index is -0.499. The van der Waals surface area contributed by atoms with Gasteiger partial charge in [0.15, 0.2) is 6.61 Å². The van der Waals surface area contributed by atoms with E-state index in [1.54, 1.807) is 37.6 Å². The molecule has 0 N–H and O–H groups in total. The van der Waals surface area contributed by atoms with E-state index in [2.05, 4.69) is 0 Å². The first-order chi connectivity index (χ1) is 13.1. The van der Waals surface area contributed by atoms with Crippen LogP contribution in [0.4, 0.5) is 0 Å². The van der Waals surface area contributed by atoms with E-state index in [1.165, 1.54) is 4.90 Å². The van der Waals surface area contributed by atoms with E-state index in [4.69, 9.17) is 9.15 Å². The topological polar surface area (TPSA) is 59.8 Å². The summed E-state index contributed by atoms with van der Waals surface area (Å²) in [5.41, 5.74) is 2.44. The zero-order valence-electron chi connectivity index (χ0n) is 15.1. The van der Waals surface area contributed by atoms with Crippen LogP contribution < -0.4 is 0 Å². The van der Waals surface area contributed by atoms with Crippen LogP contribution in [-0.2, 0) is 22.5 Å². The Morgan fingerprint density at radius 2 is 1.70 bits per heavy atom. The van der Waals surface area contributed by atoms with Gasteiger partial charge in [0.1, 0.15) is 5.76 Å². The summed E-state index contributed by atoms with van der Waals surface area (Å²) >= 11 is 0. The monoisotopic (exact) mass is 363 g/mol. The summed E-state index contributed by atoms with van der Waals surface area (Å²) in [6, 6.07) is 20.7. The quantitative estimate of drug-likeness (QED) is 0.601. The van der Waals surface area contributed by atoms with Crippen molar-refractivity contribution in [2.24, 2.45) is 0 Å². The van der Waals surface area contributed by atoms with Crippen LogP contribution in [0.25, 0.3) is 0 Å². The number of hydrogen-bond acceptors (Lipinski definition) is 4. The van der Waals surface area contributed by atoms with Crippen LogP contribution in [0, 0.1) is 0 Å². The highest BCUT2D eigenvalue weighted by Crippen LogP contribution is 2.15. The number of benzene rings is 2. The Balaban J connectivity index is 1.60. The summed E-state index contributed by atoms with van der Waals surface area (Å²) in [7, 11) is 1.64. The van der Waals surface area contributed by atoms with Gasteiger partial charge < -0.3 is 14.1 Å². The predicted molar refractivity (Wildman–Crippen MR) is 101 cm³/mol. The van der Waals surface area contributed by atoms with Crippen molar-refractivity contribution in [3.63, 3.8) is 0 Å². The maximum atomic E-state index is 12.5. The lowest BCUT2D eigenvalue weighted by atomic mass is 10.00. The Hall–Kier alpha value is -3.34. The molecule has 1 amide bonds. The van der Waals surface area contributed by atoms with Gasteiger partial charge in [-0.25, -0.2) is 4.79 Å². The fourth-order valence-corrected chi connectivity index (χ4v) is 2.73. The Morgan fingerprint density at radius 1 is 0.963 bits per heavy atom. The van der Waals surface area contributed by atoms with Crippen LogP contribution in [0.15, 0.2) is 77.4 Å². The Labute approximate surface area is 158 Å². The van der Waals surface area contributed by atoms with Crippen LogP contribution in [0.1, 0.15) is 27.2 Å². The predicted octanol–water partition coefficient (Wildman–Crippen LogP) is 3.69. The number of carbonyl (C=O) groups excluding carboxylic acids is 2. The van der Waals surface area contributed by atoms with Crippen molar-refractivity contribution >= 4 is 11.9 Å². The first-order valence-corrected chi connectivity index (χ1v) is 8.69. The van der Waals surface area contributed by atoms with Crippen molar-refractivity contribution in [2.45, 2.75) is 13.0 Å². The van der Waals surface area contributed by atoms with Crippen molar-refractivity contribution in [1.29, 1.82) is 0 Å². The smallest absolute Gasteiger partial charge is 0.338 e. The number of hydrogen-bond donors (Lipinski definition) is 0. The molecule has 0 atom stereocenters. The van der Waals surface area contributed by atoms with E-state index in [1.807, 2.05) is 42.5 Å². The highest BCUT2D eigenvalue weighted by Gasteiger charge is 2.17. The highest BCUT2D eigenvalue weighted by atomic mass is 16.5. The number of ether oxygens (including phenoxy) is 1. The molecule has 0 unspecified atom stereocenters. The number of carbonyl (C=O) groups is 2. The molecule has 0 aliphatic rings. The minimum absolute atomic E-state index is 0.291. The van der Waals surface area contributed by atoms with E-state index in [0.29, 0.717) is 24.3 Å². The minimum Gasteiger partial charge on any atom is -0.467 e. The molecule has 2 aromatic carbocycles. The number of nitrogens with zero attached hydrogens (tertiary/aromatic N) is 1. The number of esters is 1. The first kappa shape index (κ1) is 18.5. The Bertz CT molecular complexity index is 888. The van der Waals surface area contributed by atoms with Crippen LogP contribution in [0.3, 0.4) is 0 Å². The molecule has 138 valence electrons. The largest absolute Gasteiger partial charge is 0.467 e. The molecule has 1 aromatic heterocycles. The summed E-state index contributed by atoms with van der Waals surface area (Å²) < 4.78 is 10.5. The van der Waals surface area contributed by atoms with Gasteiger partial charge in [-0.2, -0.15) is 0 Å². The van der Waals surface area contributed by atoms with Gasteiger partial charge in [-0.15, -0.1) is 0 Å². The van der Waals surface area contributed by atoms with Gasteiger partial charge in [0.25, 0.3) is 5.91 Å². The molecular formula is C22H21NO4. The second-order valence-corrected chi connectivity index (χ2v) is 6.22. The van der Waals surface area contributed by atoms with E-state index in [9.17, 15) is 9.59 Å². The molecule has 0 saturated heterocycles. The maximum Gasteiger partial charge on any atom is 0.338 e. The molecule has 0 aliphatic carbocycles. The fraction of sp³-hybridized carbons (Fsp3) is 0.182. The SMILES string of the molecule is CN(Cc1ccco1)C(=O)COC(=O)c1ccccc1Cc1ccccc1. The number of rotatable bonds is 7. The van der Waals surface area contributed by atoms with Crippen molar-refractivity contribution in [3.8, 4) is 0 Å². The highest BCUT2D eigenvalue weighted by molar-refractivity contribution is 5.92. The van der Waals surface area contributed by atoms with Crippen LogP contribution in [0.2, 0.25) is 0 Å². The van der Waals surface area contributed by atoms with E-state index < -0.39 is 5.97 Å².